The zero-order valence-electron chi connectivity index (χ0n) is 17.6. The van der Waals surface area contributed by atoms with Crippen molar-refractivity contribution in [1.29, 1.82) is 0 Å². The first-order valence-corrected chi connectivity index (χ1v) is 10.1. The molecule has 0 radical (unpaired) electrons. The highest BCUT2D eigenvalue weighted by molar-refractivity contribution is 5.79. The molecule has 158 valence electrons. The van der Waals surface area contributed by atoms with E-state index in [-0.39, 0.29) is 17.9 Å². The van der Waals surface area contributed by atoms with Crippen molar-refractivity contribution >= 4 is 5.91 Å². The van der Waals surface area contributed by atoms with Crippen LogP contribution in [0.25, 0.3) is 11.4 Å². The third kappa shape index (κ3) is 5.26. The van der Waals surface area contributed by atoms with Crippen LogP contribution in [0.3, 0.4) is 0 Å². The van der Waals surface area contributed by atoms with Crippen LogP contribution in [-0.2, 0) is 11.3 Å². The second kappa shape index (κ2) is 9.73. The number of methoxy groups -OCH3 is 2. The van der Waals surface area contributed by atoms with E-state index in [1.54, 1.807) is 14.2 Å². The second-order valence-electron chi connectivity index (χ2n) is 7.45. The summed E-state index contributed by atoms with van der Waals surface area (Å²) >= 11 is 0. The van der Waals surface area contributed by atoms with E-state index in [1.807, 2.05) is 25.1 Å². The molecule has 0 aliphatic carbocycles. The number of carbonyl (C=O) groups excluding carboxylic acids is 1. The fraction of sp³-hybridized carbons (Fsp3) is 0.571. The molecule has 0 saturated carbocycles. The molecule has 1 fully saturated rings. The predicted octanol–water partition coefficient (Wildman–Crippen LogP) is 2.88. The van der Waals surface area contributed by atoms with Gasteiger partial charge in [-0.2, -0.15) is 4.98 Å². The lowest BCUT2D eigenvalue weighted by molar-refractivity contribution is -0.127. The molecule has 8 nitrogen and oxygen atoms in total. The SMILES string of the molecule is CCC(C)NC(=O)C1CCN(Cc2nc(-c3ccc(OC)c(OC)c3)no2)CC1. The van der Waals surface area contributed by atoms with Crippen LogP contribution in [-0.4, -0.2) is 54.3 Å². The third-order valence-electron chi connectivity index (χ3n) is 5.43. The standard InChI is InChI=1S/C21H30N4O4/c1-5-14(2)22-21(26)15-8-10-25(11-9-15)13-19-23-20(24-29-19)16-6-7-17(27-3)18(12-16)28-4/h6-7,12,14-15H,5,8-11,13H2,1-4H3,(H,22,26). The summed E-state index contributed by atoms with van der Waals surface area (Å²) < 4.78 is 16.0. The number of piperidine rings is 1. The number of ether oxygens (including phenoxy) is 2. The number of nitrogens with zero attached hydrogens (tertiary/aromatic N) is 3. The number of carbonyl (C=O) groups is 1. The first-order valence-electron chi connectivity index (χ1n) is 10.1. The summed E-state index contributed by atoms with van der Waals surface area (Å²) in [5, 5.41) is 7.18. The molecule has 0 bridgehead atoms. The van der Waals surface area contributed by atoms with Crippen LogP contribution in [0.15, 0.2) is 22.7 Å². The average molecular weight is 402 g/mol. The van der Waals surface area contributed by atoms with Gasteiger partial charge in [0.15, 0.2) is 11.5 Å². The first-order chi connectivity index (χ1) is 14.0. The van der Waals surface area contributed by atoms with Gasteiger partial charge in [0.2, 0.25) is 17.6 Å². The van der Waals surface area contributed by atoms with E-state index in [0.29, 0.717) is 29.8 Å². The van der Waals surface area contributed by atoms with E-state index >= 15 is 0 Å². The van der Waals surface area contributed by atoms with Crippen molar-refractivity contribution in [2.24, 2.45) is 5.92 Å². The Morgan fingerprint density at radius 3 is 2.66 bits per heavy atom. The van der Waals surface area contributed by atoms with Gasteiger partial charge in [-0.05, 0) is 57.5 Å². The Balaban J connectivity index is 1.56. The summed E-state index contributed by atoms with van der Waals surface area (Å²) in [6.45, 7) is 6.38. The molecule has 2 heterocycles. The zero-order valence-corrected chi connectivity index (χ0v) is 17.6. The minimum Gasteiger partial charge on any atom is -0.493 e. The molecule has 8 heteroatoms. The Kier molecular flexibility index (Phi) is 7.09. The average Bonchev–Trinajstić information content (AvgIpc) is 3.22. The summed E-state index contributed by atoms with van der Waals surface area (Å²) in [5.41, 5.74) is 0.804. The van der Waals surface area contributed by atoms with E-state index in [4.69, 9.17) is 14.0 Å². The quantitative estimate of drug-likeness (QED) is 0.726. The van der Waals surface area contributed by atoms with Gasteiger partial charge >= 0.3 is 0 Å². The van der Waals surface area contributed by atoms with Crippen molar-refractivity contribution in [2.75, 3.05) is 27.3 Å². The Labute approximate surface area is 171 Å². The molecule has 3 rings (SSSR count). The highest BCUT2D eigenvalue weighted by Gasteiger charge is 2.26. The molecule has 1 aliphatic heterocycles. The molecule has 1 aliphatic rings. The Bertz CT molecular complexity index is 815. The lowest BCUT2D eigenvalue weighted by atomic mass is 9.95. The van der Waals surface area contributed by atoms with Gasteiger partial charge in [-0.15, -0.1) is 0 Å². The predicted molar refractivity (Wildman–Crippen MR) is 109 cm³/mol. The molecule has 1 atom stereocenters. The van der Waals surface area contributed by atoms with Crippen LogP contribution < -0.4 is 14.8 Å². The number of rotatable bonds is 8. The first kappa shape index (κ1) is 21.1. The molecule has 1 amide bonds. The zero-order chi connectivity index (χ0) is 20.8. The van der Waals surface area contributed by atoms with Gasteiger partial charge in [-0.3, -0.25) is 9.69 Å². The van der Waals surface area contributed by atoms with Crippen molar-refractivity contribution in [3.05, 3.63) is 24.1 Å². The maximum absolute atomic E-state index is 12.3. The van der Waals surface area contributed by atoms with Gasteiger partial charge in [0.1, 0.15) is 0 Å². The Hall–Kier alpha value is -2.61. The van der Waals surface area contributed by atoms with Crippen LogP contribution in [0.5, 0.6) is 11.5 Å². The molecule has 0 spiro atoms. The Morgan fingerprint density at radius 1 is 1.28 bits per heavy atom. The topological polar surface area (TPSA) is 89.7 Å². The number of nitrogens with one attached hydrogen (secondary N) is 1. The van der Waals surface area contributed by atoms with Crippen LogP contribution in [0.1, 0.15) is 39.0 Å². The van der Waals surface area contributed by atoms with E-state index < -0.39 is 0 Å². The van der Waals surface area contributed by atoms with Crippen molar-refractivity contribution < 1.29 is 18.8 Å². The molecular formula is C21H30N4O4. The second-order valence-corrected chi connectivity index (χ2v) is 7.45. The smallest absolute Gasteiger partial charge is 0.241 e. The number of likely N-dealkylation sites (tertiary alicyclic amines) is 1. The van der Waals surface area contributed by atoms with Crippen LogP contribution in [0, 0.1) is 5.92 Å². The monoisotopic (exact) mass is 402 g/mol. The van der Waals surface area contributed by atoms with Gasteiger partial charge in [-0.1, -0.05) is 12.1 Å². The summed E-state index contributed by atoms with van der Waals surface area (Å²) in [4.78, 5) is 19.1. The maximum atomic E-state index is 12.3. The summed E-state index contributed by atoms with van der Waals surface area (Å²) in [7, 11) is 3.19. The van der Waals surface area contributed by atoms with Gasteiger partial charge in [0.25, 0.3) is 0 Å². The van der Waals surface area contributed by atoms with Gasteiger partial charge in [0.05, 0.1) is 20.8 Å². The molecule has 29 heavy (non-hydrogen) atoms. The number of benzene rings is 1. The molecule has 1 aromatic heterocycles. The molecule has 1 unspecified atom stereocenters. The van der Waals surface area contributed by atoms with Gasteiger partial charge in [-0.25, -0.2) is 0 Å². The summed E-state index contributed by atoms with van der Waals surface area (Å²) in [6, 6.07) is 5.75. The molecular weight excluding hydrogens is 372 g/mol. The van der Waals surface area contributed by atoms with E-state index in [2.05, 4.69) is 27.3 Å². The molecule has 1 saturated heterocycles. The van der Waals surface area contributed by atoms with E-state index in [1.165, 1.54) is 0 Å². The number of aromatic nitrogens is 2. The van der Waals surface area contributed by atoms with Crippen molar-refractivity contribution in [3.63, 3.8) is 0 Å². The fourth-order valence-corrected chi connectivity index (χ4v) is 3.42. The number of hydrogen-bond acceptors (Lipinski definition) is 7. The highest BCUT2D eigenvalue weighted by Crippen LogP contribution is 2.31. The van der Waals surface area contributed by atoms with E-state index in [0.717, 1.165) is 37.9 Å². The van der Waals surface area contributed by atoms with Crippen LogP contribution in [0.4, 0.5) is 0 Å². The molecule has 1 aromatic carbocycles. The Morgan fingerprint density at radius 2 is 2.00 bits per heavy atom. The van der Waals surface area contributed by atoms with E-state index in [9.17, 15) is 4.79 Å². The lowest BCUT2D eigenvalue weighted by Gasteiger charge is -2.30. The summed E-state index contributed by atoms with van der Waals surface area (Å²) in [6.07, 6.45) is 2.64. The van der Waals surface area contributed by atoms with Gasteiger partial charge in [0, 0.05) is 17.5 Å². The molecule has 2 aromatic rings. The fourth-order valence-electron chi connectivity index (χ4n) is 3.42. The summed E-state index contributed by atoms with van der Waals surface area (Å²) in [5.74, 6) is 2.62. The lowest BCUT2D eigenvalue weighted by Crippen LogP contribution is -2.42. The number of hydrogen-bond donors (Lipinski definition) is 1. The molecule has 1 N–H and O–H groups in total. The van der Waals surface area contributed by atoms with Crippen molar-refractivity contribution in [1.82, 2.24) is 20.4 Å². The minimum absolute atomic E-state index is 0.0882. The van der Waals surface area contributed by atoms with Crippen LogP contribution in [0.2, 0.25) is 0 Å². The minimum atomic E-state index is 0.0882. The maximum Gasteiger partial charge on any atom is 0.241 e. The van der Waals surface area contributed by atoms with Gasteiger partial charge < -0.3 is 19.3 Å². The largest absolute Gasteiger partial charge is 0.493 e. The van der Waals surface area contributed by atoms with Crippen molar-refractivity contribution in [3.8, 4) is 22.9 Å². The third-order valence-corrected chi connectivity index (χ3v) is 5.43. The van der Waals surface area contributed by atoms with Crippen LogP contribution >= 0.6 is 0 Å². The number of amides is 1. The highest BCUT2D eigenvalue weighted by atomic mass is 16.5. The normalized spacial score (nSPS) is 16.4. The van der Waals surface area contributed by atoms with Crippen molar-refractivity contribution in [2.45, 2.75) is 45.7 Å².